The summed E-state index contributed by atoms with van der Waals surface area (Å²) < 4.78 is 9.67. The number of alkyl halides is 1. The Bertz CT molecular complexity index is 250. The number of alkyl carbamates (subject to hydrolysis) is 1. The molecule has 0 saturated carbocycles. The van der Waals surface area contributed by atoms with Crippen molar-refractivity contribution in [3.8, 4) is 0 Å². The highest BCUT2D eigenvalue weighted by Crippen LogP contribution is 2.06. The second-order valence-corrected chi connectivity index (χ2v) is 4.90. The molecule has 0 rings (SSSR count). The van der Waals surface area contributed by atoms with Crippen LogP contribution < -0.4 is 5.32 Å². The minimum Gasteiger partial charge on any atom is -0.464 e. The molecule has 0 aliphatic rings. The van der Waals surface area contributed by atoms with Crippen molar-refractivity contribution >= 4 is 23.7 Å². The maximum Gasteiger partial charge on any atom is 0.407 e. The zero-order valence-electron chi connectivity index (χ0n) is 10.0. The van der Waals surface area contributed by atoms with E-state index in [2.05, 4.69) is 10.1 Å². The Morgan fingerprint density at radius 1 is 1.38 bits per heavy atom. The van der Waals surface area contributed by atoms with E-state index in [9.17, 15) is 9.59 Å². The van der Waals surface area contributed by atoms with Gasteiger partial charge in [0.05, 0.1) is 5.38 Å². The largest absolute Gasteiger partial charge is 0.464 e. The Balaban J connectivity index is 3.71. The van der Waals surface area contributed by atoms with Crippen LogP contribution in [0.3, 0.4) is 0 Å². The molecule has 0 fully saturated rings. The number of amides is 1. The predicted octanol–water partition coefficient (Wildman–Crippen LogP) is 1.68. The fourth-order valence-corrected chi connectivity index (χ4v) is 0.915. The van der Waals surface area contributed by atoms with E-state index in [4.69, 9.17) is 16.3 Å². The van der Waals surface area contributed by atoms with Gasteiger partial charge < -0.3 is 14.8 Å². The Morgan fingerprint density at radius 2 is 1.94 bits per heavy atom. The molecule has 6 heteroatoms. The number of esters is 1. The second kappa shape index (κ2) is 6.58. The number of hydrogen-bond acceptors (Lipinski definition) is 4. The molecular weight excluding hydrogens is 234 g/mol. The molecule has 0 saturated heterocycles. The first kappa shape index (κ1) is 15.0. The lowest BCUT2D eigenvalue weighted by molar-refractivity contribution is -0.140. The molecule has 1 atom stereocenters. The molecule has 0 heterocycles. The molecular formula is C10H18ClNO4. The van der Waals surface area contributed by atoms with E-state index in [1.54, 1.807) is 20.8 Å². The van der Waals surface area contributed by atoms with Gasteiger partial charge in [-0.3, -0.25) is 4.79 Å². The van der Waals surface area contributed by atoms with Crippen molar-refractivity contribution in [1.29, 1.82) is 0 Å². The maximum absolute atomic E-state index is 11.2. The van der Waals surface area contributed by atoms with Crippen molar-refractivity contribution in [2.24, 2.45) is 0 Å². The van der Waals surface area contributed by atoms with Crippen molar-refractivity contribution in [3.05, 3.63) is 0 Å². The summed E-state index contributed by atoms with van der Waals surface area (Å²) in [7, 11) is 0. The number of ether oxygens (including phenoxy) is 2. The zero-order chi connectivity index (χ0) is 12.8. The molecule has 1 amide bonds. The highest BCUT2D eigenvalue weighted by molar-refractivity contribution is 6.21. The van der Waals surface area contributed by atoms with Gasteiger partial charge in [0.1, 0.15) is 12.2 Å². The van der Waals surface area contributed by atoms with Crippen LogP contribution in [0.2, 0.25) is 0 Å². The van der Waals surface area contributed by atoms with Gasteiger partial charge in [0.2, 0.25) is 0 Å². The van der Waals surface area contributed by atoms with Gasteiger partial charge in [-0.15, -0.1) is 11.6 Å². The van der Waals surface area contributed by atoms with E-state index in [-0.39, 0.29) is 13.2 Å². The molecule has 0 aliphatic heterocycles. The fourth-order valence-electron chi connectivity index (χ4n) is 0.775. The smallest absolute Gasteiger partial charge is 0.407 e. The second-order valence-electron chi connectivity index (χ2n) is 4.28. The molecule has 0 aromatic heterocycles. The number of carbonyl (C=O) groups is 2. The summed E-state index contributed by atoms with van der Waals surface area (Å²) in [5.74, 6) is -0.400. The third-order valence-corrected chi connectivity index (χ3v) is 1.61. The van der Waals surface area contributed by atoms with Crippen LogP contribution >= 0.6 is 11.6 Å². The van der Waals surface area contributed by atoms with Gasteiger partial charge in [-0.05, 0) is 20.8 Å². The Hall–Kier alpha value is -0.970. The van der Waals surface area contributed by atoms with Gasteiger partial charge in [-0.25, -0.2) is 4.79 Å². The van der Waals surface area contributed by atoms with Gasteiger partial charge >= 0.3 is 12.1 Å². The van der Waals surface area contributed by atoms with E-state index < -0.39 is 23.0 Å². The molecule has 0 radical (unpaired) electrons. The van der Waals surface area contributed by atoms with Crippen LogP contribution in [0.15, 0.2) is 0 Å². The molecule has 1 N–H and O–H groups in total. The third-order valence-electron chi connectivity index (χ3n) is 1.33. The summed E-state index contributed by atoms with van der Waals surface area (Å²) in [6.45, 7) is 6.85. The number of halogens is 1. The van der Waals surface area contributed by atoms with Crippen LogP contribution in [-0.4, -0.2) is 36.2 Å². The number of rotatable bonds is 4. The quantitative estimate of drug-likeness (QED) is 0.610. The van der Waals surface area contributed by atoms with E-state index in [0.29, 0.717) is 0 Å². The molecule has 0 aliphatic carbocycles. The lowest BCUT2D eigenvalue weighted by Crippen LogP contribution is -2.36. The first-order chi connectivity index (χ1) is 7.20. The van der Waals surface area contributed by atoms with Crippen LogP contribution in [0.25, 0.3) is 0 Å². The topological polar surface area (TPSA) is 64.6 Å². The third kappa shape index (κ3) is 9.58. The van der Waals surface area contributed by atoms with Gasteiger partial charge in [0, 0.05) is 13.5 Å². The Labute approximate surface area is 100 Å². The molecule has 94 valence electrons. The summed E-state index contributed by atoms with van der Waals surface area (Å²) >= 11 is 5.79. The van der Waals surface area contributed by atoms with Crippen molar-refractivity contribution in [2.75, 3.05) is 13.2 Å². The summed E-state index contributed by atoms with van der Waals surface area (Å²) in [5.41, 5.74) is -0.540. The Morgan fingerprint density at radius 3 is 2.38 bits per heavy atom. The van der Waals surface area contributed by atoms with E-state index in [1.165, 1.54) is 6.92 Å². The minimum atomic E-state index is -0.541. The average molecular weight is 252 g/mol. The molecule has 0 bridgehead atoms. The number of carbonyl (C=O) groups excluding carboxylic acids is 2. The summed E-state index contributed by atoms with van der Waals surface area (Å²) in [4.78, 5) is 21.7. The van der Waals surface area contributed by atoms with Gasteiger partial charge in [-0.1, -0.05) is 0 Å². The molecule has 0 spiro atoms. The van der Waals surface area contributed by atoms with Crippen molar-refractivity contribution in [1.82, 2.24) is 5.32 Å². The van der Waals surface area contributed by atoms with Crippen molar-refractivity contribution < 1.29 is 19.1 Å². The molecule has 16 heavy (non-hydrogen) atoms. The predicted molar refractivity (Wildman–Crippen MR) is 60.5 cm³/mol. The first-order valence-corrected chi connectivity index (χ1v) is 5.38. The van der Waals surface area contributed by atoms with Crippen molar-refractivity contribution in [3.63, 3.8) is 0 Å². The standard InChI is InChI=1S/C10H18ClNO4/c1-7(13)15-6-8(11)5-12-9(14)16-10(2,3)4/h8H,5-6H2,1-4H3,(H,12,14). The fraction of sp³-hybridized carbons (Fsp3) is 0.800. The summed E-state index contributed by atoms with van der Waals surface area (Å²) in [6.07, 6.45) is -0.541. The van der Waals surface area contributed by atoms with Crippen LogP contribution in [0.5, 0.6) is 0 Å². The molecule has 1 unspecified atom stereocenters. The molecule has 0 aromatic carbocycles. The summed E-state index contributed by atoms with van der Waals surface area (Å²) in [6, 6.07) is 0. The minimum absolute atomic E-state index is 0.0622. The normalized spacial score (nSPS) is 12.8. The van der Waals surface area contributed by atoms with Gasteiger partial charge in [-0.2, -0.15) is 0 Å². The number of nitrogens with one attached hydrogen (secondary N) is 1. The van der Waals surface area contributed by atoms with Crippen molar-refractivity contribution in [2.45, 2.75) is 38.7 Å². The Kier molecular flexibility index (Phi) is 6.18. The first-order valence-electron chi connectivity index (χ1n) is 4.95. The SMILES string of the molecule is CC(=O)OCC(Cl)CNC(=O)OC(C)(C)C. The summed E-state index contributed by atoms with van der Waals surface area (Å²) in [5, 5.41) is 2.02. The van der Waals surface area contributed by atoms with Gasteiger partial charge in [0.15, 0.2) is 0 Å². The van der Waals surface area contributed by atoms with Crippen LogP contribution in [0, 0.1) is 0 Å². The zero-order valence-corrected chi connectivity index (χ0v) is 10.8. The van der Waals surface area contributed by atoms with Crippen LogP contribution in [-0.2, 0) is 14.3 Å². The van der Waals surface area contributed by atoms with Gasteiger partial charge in [0.25, 0.3) is 0 Å². The maximum atomic E-state index is 11.2. The van der Waals surface area contributed by atoms with E-state index in [0.717, 1.165) is 0 Å². The molecule has 5 nitrogen and oxygen atoms in total. The van der Waals surface area contributed by atoms with E-state index >= 15 is 0 Å². The average Bonchev–Trinajstić information content (AvgIpc) is 2.08. The van der Waals surface area contributed by atoms with E-state index in [1.807, 2.05) is 0 Å². The van der Waals surface area contributed by atoms with Crippen LogP contribution in [0.4, 0.5) is 4.79 Å². The number of hydrogen-bond donors (Lipinski definition) is 1. The van der Waals surface area contributed by atoms with Crippen LogP contribution in [0.1, 0.15) is 27.7 Å². The molecule has 0 aromatic rings. The lowest BCUT2D eigenvalue weighted by Gasteiger charge is -2.20. The highest BCUT2D eigenvalue weighted by Gasteiger charge is 2.17. The highest BCUT2D eigenvalue weighted by atomic mass is 35.5. The lowest BCUT2D eigenvalue weighted by atomic mass is 10.2. The monoisotopic (exact) mass is 251 g/mol.